The van der Waals surface area contributed by atoms with Crippen molar-refractivity contribution in [1.29, 1.82) is 0 Å². The van der Waals surface area contributed by atoms with Crippen molar-refractivity contribution >= 4 is 0 Å². The minimum absolute atomic E-state index is 0. The molecule has 0 saturated carbocycles. The Bertz CT molecular complexity index is 59.1. The van der Waals surface area contributed by atoms with Crippen LogP contribution in [0.25, 0.3) is 0 Å². The Morgan fingerprint density at radius 1 is 0.385 bits per heavy atom. The first-order chi connectivity index (χ1) is 6.00. The molecule has 1 saturated heterocycles. The molecular formula is C8H20CoN4+2. The van der Waals surface area contributed by atoms with E-state index in [-0.39, 0.29) is 16.8 Å². The molecule has 1 aliphatic heterocycles. The molecule has 0 atom stereocenters. The Labute approximate surface area is 90.8 Å². The largest absolute Gasteiger partial charge is 2.00 e. The first-order valence-corrected chi connectivity index (χ1v) is 4.83. The zero-order chi connectivity index (χ0) is 8.49. The fraction of sp³-hybridized carbons (Fsp3) is 1.00. The van der Waals surface area contributed by atoms with Gasteiger partial charge in [-0.15, -0.1) is 0 Å². The molecule has 0 bridgehead atoms. The molecule has 0 aromatic rings. The molecular weight excluding hydrogens is 211 g/mol. The Balaban J connectivity index is 0.00000144. The molecule has 1 aliphatic rings. The summed E-state index contributed by atoms with van der Waals surface area (Å²) in [6.07, 6.45) is 0. The molecule has 4 N–H and O–H groups in total. The van der Waals surface area contributed by atoms with Crippen LogP contribution in [-0.4, -0.2) is 52.4 Å². The summed E-state index contributed by atoms with van der Waals surface area (Å²) in [5, 5.41) is 13.4. The summed E-state index contributed by atoms with van der Waals surface area (Å²) in [7, 11) is 0. The molecule has 0 aliphatic carbocycles. The Morgan fingerprint density at radius 3 is 0.692 bits per heavy atom. The first kappa shape index (κ1) is 13.3. The second-order valence-corrected chi connectivity index (χ2v) is 3.00. The van der Waals surface area contributed by atoms with Crippen molar-refractivity contribution in [2.24, 2.45) is 0 Å². The predicted molar refractivity (Wildman–Crippen MR) is 51.5 cm³/mol. The summed E-state index contributed by atoms with van der Waals surface area (Å²) in [5.74, 6) is 0. The van der Waals surface area contributed by atoms with Crippen LogP contribution in [0.1, 0.15) is 0 Å². The van der Waals surface area contributed by atoms with Crippen LogP contribution in [-0.2, 0) is 16.8 Å². The van der Waals surface area contributed by atoms with Crippen LogP contribution in [0, 0.1) is 0 Å². The van der Waals surface area contributed by atoms with Gasteiger partial charge in [0.15, 0.2) is 0 Å². The van der Waals surface area contributed by atoms with Crippen LogP contribution < -0.4 is 21.3 Å². The van der Waals surface area contributed by atoms with E-state index in [0.717, 1.165) is 52.4 Å². The molecule has 4 nitrogen and oxygen atoms in total. The van der Waals surface area contributed by atoms with Crippen LogP contribution in [0.3, 0.4) is 0 Å². The van der Waals surface area contributed by atoms with Crippen LogP contribution in [0.5, 0.6) is 0 Å². The van der Waals surface area contributed by atoms with Crippen molar-refractivity contribution in [2.45, 2.75) is 0 Å². The maximum atomic E-state index is 3.36. The number of rotatable bonds is 0. The maximum absolute atomic E-state index is 3.36. The van der Waals surface area contributed by atoms with Crippen molar-refractivity contribution in [3.05, 3.63) is 0 Å². The normalized spacial score (nSPS) is 22.2. The van der Waals surface area contributed by atoms with Gasteiger partial charge in [-0.3, -0.25) is 0 Å². The van der Waals surface area contributed by atoms with Gasteiger partial charge in [-0.2, -0.15) is 0 Å². The minimum Gasteiger partial charge on any atom is -0.314 e. The average Bonchev–Trinajstić information content (AvgIpc) is 2.05. The van der Waals surface area contributed by atoms with E-state index < -0.39 is 0 Å². The third-order valence-electron chi connectivity index (χ3n) is 1.91. The van der Waals surface area contributed by atoms with Crippen molar-refractivity contribution in [3.8, 4) is 0 Å². The van der Waals surface area contributed by atoms with Crippen LogP contribution in [0.4, 0.5) is 0 Å². The molecule has 0 amide bonds. The van der Waals surface area contributed by atoms with Crippen molar-refractivity contribution in [1.82, 2.24) is 21.3 Å². The second-order valence-electron chi connectivity index (χ2n) is 3.00. The standard InChI is InChI=1S/C8H20N4.Co/c1-2-10-5-6-12-8-7-11-4-3-9-1;/h9-12H,1-8H2;/q;+2. The SMILES string of the molecule is C1CNCCNCCNCCN1.[Co+2]. The van der Waals surface area contributed by atoms with E-state index in [4.69, 9.17) is 0 Å². The van der Waals surface area contributed by atoms with E-state index in [1.807, 2.05) is 0 Å². The van der Waals surface area contributed by atoms with Gasteiger partial charge in [0.1, 0.15) is 0 Å². The quantitative estimate of drug-likeness (QED) is 0.404. The molecule has 1 rings (SSSR count). The molecule has 1 heterocycles. The summed E-state index contributed by atoms with van der Waals surface area (Å²) >= 11 is 0. The van der Waals surface area contributed by atoms with Gasteiger partial charge < -0.3 is 21.3 Å². The predicted octanol–water partition coefficient (Wildman–Crippen LogP) is -1.64. The first-order valence-electron chi connectivity index (χ1n) is 4.83. The smallest absolute Gasteiger partial charge is 0.314 e. The summed E-state index contributed by atoms with van der Waals surface area (Å²) in [4.78, 5) is 0. The number of hydrogen-bond acceptors (Lipinski definition) is 4. The topological polar surface area (TPSA) is 48.1 Å². The number of nitrogens with one attached hydrogen (secondary N) is 4. The molecule has 0 aromatic heterocycles. The molecule has 5 heteroatoms. The Morgan fingerprint density at radius 2 is 0.538 bits per heavy atom. The van der Waals surface area contributed by atoms with E-state index in [1.165, 1.54) is 0 Å². The van der Waals surface area contributed by atoms with Crippen molar-refractivity contribution in [3.63, 3.8) is 0 Å². The third kappa shape index (κ3) is 8.67. The van der Waals surface area contributed by atoms with Crippen LogP contribution in [0.2, 0.25) is 0 Å². The molecule has 0 aromatic carbocycles. The monoisotopic (exact) mass is 231 g/mol. The number of hydrogen-bond donors (Lipinski definition) is 4. The summed E-state index contributed by atoms with van der Waals surface area (Å²) < 4.78 is 0. The van der Waals surface area contributed by atoms with Crippen molar-refractivity contribution in [2.75, 3.05) is 52.4 Å². The fourth-order valence-electron chi connectivity index (χ4n) is 1.21. The fourth-order valence-corrected chi connectivity index (χ4v) is 1.21. The summed E-state index contributed by atoms with van der Waals surface area (Å²) in [5.41, 5.74) is 0. The molecule has 1 fully saturated rings. The minimum atomic E-state index is 0. The van der Waals surface area contributed by atoms with E-state index in [2.05, 4.69) is 21.3 Å². The van der Waals surface area contributed by atoms with E-state index in [1.54, 1.807) is 0 Å². The summed E-state index contributed by atoms with van der Waals surface area (Å²) in [6, 6.07) is 0. The second kappa shape index (κ2) is 10.4. The molecule has 79 valence electrons. The Hall–Kier alpha value is 0.346. The van der Waals surface area contributed by atoms with Gasteiger partial charge >= 0.3 is 16.8 Å². The van der Waals surface area contributed by atoms with Crippen LogP contribution >= 0.6 is 0 Å². The zero-order valence-corrected chi connectivity index (χ0v) is 9.03. The van der Waals surface area contributed by atoms with Crippen LogP contribution in [0.15, 0.2) is 0 Å². The van der Waals surface area contributed by atoms with E-state index in [0.29, 0.717) is 0 Å². The van der Waals surface area contributed by atoms with Gasteiger partial charge in [-0.25, -0.2) is 0 Å². The molecule has 0 unspecified atom stereocenters. The molecule has 0 spiro atoms. The molecule has 13 heavy (non-hydrogen) atoms. The molecule has 1 radical (unpaired) electrons. The Kier molecular flexibility index (Phi) is 10.7. The maximum Gasteiger partial charge on any atom is 2.00 e. The van der Waals surface area contributed by atoms with E-state index in [9.17, 15) is 0 Å². The van der Waals surface area contributed by atoms with E-state index >= 15 is 0 Å². The van der Waals surface area contributed by atoms with Gasteiger partial charge in [-0.05, 0) is 0 Å². The van der Waals surface area contributed by atoms with Gasteiger partial charge in [-0.1, -0.05) is 0 Å². The van der Waals surface area contributed by atoms with Gasteiger partial charge in [0.25, 0.3) is 0 Å². The van der Waals surface area contributed by atoms with Gasteiger partial charge in [0.05, 0.1) is 0 Å². The van der Waals surface area contributed by atoms with Gasteiger partial charge in [0.2, 0.25) is 0 Å². The van der Waals surface area contributed by atoms with Crippen molar-refractivity contribution < 1.29 is 16.8 Å². The third-order valence-corrected chi connectivity index (χ3v) is 1.91. The zero-order valence-electron chi connectivity index (χ0n) is 7.99. The average molecular weight is 231 g/mol. The van der Waals surface area contributed by atoms with Gasteiger partial charge in [0, 0.05) is 52.4 Å². The summed E-state index contributed by atoms with van der Waals surface area (Å²) in [6.45, 7) is 8.57.